The van der Waals surface area contributed by atoms with Gasteiger partial charge in [0.2, 0.25) is 0 Å². The van der Waals surface area contributed by atoms with Crippen LogP contribution in [0.15, 0.2) is 0 Å². The van der Waals surface area contributed by atoms with Crippen LogP contribution in [0, 0.1) is 12.3 Å². The first kappa shape index (κ1) is 23.9. The summed E-state index contributed by atoms with van der Waals surface area (Å²) in [6, 6.07) is 0. The molecule has 25 heavy (non-hydrogen) atoms. The van der Waals surface area contributed by atoms with Crippen LogP contribution >= 0.6 is 0 Å². The summed E-state index contributed by atoms with van der Waals surface area (Å²) in [5.41, 5.74) is 0. The highest BCUT2D eigenvalue weighted by Crippen LogP contribution is 2.16. The molecule has 4 heteroatoms. The van der Waals surface area contributed by atoms with Crippen molar-refractivity contribution in [2.24, 2.45) is 5.92 Å². The van der Waals surface area contributed by atoms with Crippen LogP contribution in [0.3, 0.4) is 0 Å². The zero-order valence-electron chi connectivity index (χ0n) is 16.2. The lowest BCUT2D eigenvalue weighted by Gasteiger charge is -2.09. The van der Waals surface area contributed by atoms with Crippen molar-refractivity contribution in [1.82, 2.24) is 0 Å². The maximum atomic E-state index is 10.9. The molecule has 2 N–H and O–H groups in total. The third kappa shape index (κ3) is 17.6. The monoisotopic (exact) mass is 355 g/mol. The molecule has 4 nitrogen and oxygen atoms in total. The molecule has 1 atom stereocenters. The molecule has 0 aromatic heterocycles. The summed E-state index contributed by atoms with van der Waals surface area (Å²) in [5.74, 6) is -3.03. The SMILES string of the molecule is CCCCCCCCCCCCCCCCCC([CH]C(=O)O)C(=O)O. The number of hydrogen-bond acceptors (Lipinski definition) is 2. The van der Waals surface area contributed by atoms with E-state index in [1.807, 2.05) is 0 Å². The number of hydrogen-bond donors (Lipinski definition) is 2. The normalized spacial score (nSPS) is 12.2. The molecule has 0 aliphatic rings. The first-order valence-corrected chi connectivity index (χ1v) is 10.4. The van der Waals surface area contributed by atoms with Crippen molar-refractivity contribution in [2.45, 2.75) is 110 Å². The molecule has 1 unspecified atom stereocenters. The number of carbonyl (C=O) groups is 2. The lowest BCUT2D eigenvalue weighted by Crippen LogP contribution is -2.18. The fourth-order valence-electron chi connectivity index (χ4n) is 3.19. The molecule has 0 aromatic carbocycles. The van der Waals surface area contributed by atoms with Gasteiger partial charge in [-0.05, 0) is 6.42 Å². The van der Waals surface area contributed by atoms with E-state index in [-0.39, 0.29) is 0 Å². The second-order valence-electron chi connectivity index (χ2n) is 7.19. The van der Waals surface area contributed by atoms with Crippen LogP contribution in [0.4, 0.5) is 0 Å². The van der Waals surface area contributed by atoms with Gasteiger partial charge in [0, 0.05) is 0 Å². The molecular weight excluding hydrogens is 316 g/mol. The average molecular weight is 356 g/mol. The van der Waals surface area contributed by atoms with Gasteiger partial charge in [0.05, 0.1) is 12.3 Å². The van der Waals surface area contributed by atoms with Crippen LogP contribution < -0.4 is 0 Å². The summed E-state index contributed by atoms with van der Waals surface area (Å²) in [6.45, 7) is 2.25. The molecule has 0 amide bonds. The van der Waals surface area contributed by atoms with Gasteiger partial charge >= 0.3 is 11.9 Å². The Hall–Kier alpha value is -1.06. The maximum Gasteiger partial charge on any atom is 0.308 e. The molecular formula is C21H39O4. The Morgan fingerprint density at radius 1 is 0.680 bits per heavy atom. The summed E-state index contributed by atoms with van der Waals surface area (Å²) >= 11 is 0. The van der Waals surface area contributed by atoms with E-state index in [0.29, 0.717) is 6.42 Å². The van der Waals surface area contributed by atoms with Gasteiger partial charge in [0.1, 0.15) is 0 Å². The van der Waals surface area contributed by atoms with Crippen LogP contribution in [-0.4, -0.2) is 22.2 Å². The predicted octanol–water partition coefficient (Wildman–Crippen LogP) is 6.24. The molecule has 147 valence electrons. The van der Waals surface area contributed by atoms with Gasteiger partial charge in [-0.25, -0.2) is 0 Å². The number of carboxylic acid groups (broad SMARTS) is 2. The standard InChI is InChI=1S/C21H39O4/c1-2-3-4-5-6-7-8-9-10-11-12-13-14-15-16-17-19(21(24)25)18-20(22)23/h18-19H,2-17H2,1H3,(H,22,23)(H,24,25). The quantitative estimate of drug-likeness (QED) is 0.269. The van der Waals surface area contributed by atoms with Gasteiger partial charge in [-0.2, -0.15) is 0 Å². The van der Waals surface area contributed by atoms with E-state index in [4.69, 9.17) is 10.2 Å². The van der Waals surface area contributed by atoms with Gasteiger partial charge in [0.25, 0.3) is 0 Å². The van der Waals surface area contributed by atoms with E-state index in [2.05, 4.69) is 6.92 Å². The van der Waals surface area contributed by atoms with Gasteiger partial charge in [0.15, 0.2) is 0 Å². The first-order valence-electron chi connectivity index (χ1n) is 10.4. The molecule has 0 bridgehead atoms. The molecule has 0 aliphatic heterocycles. The molecule has 0 saturated carbocycles. The van der Waals surface area contributed by atoms with Gasteiger partial charge in [-0.1, -0.05) is 103 Å². The van der Waals surface area contributed by atoms with Crippen molar-refractivity contribution in [1.29, 1.82) is 0 Å². The van der Waals surface area contributed by atoms with Crippen molar-refractivity contribution in [3.63, 3.8) is 0 Å². The summed E-state index contributed by atoms with van der Waals surface area (Å²) in [7, 11) is 0. The Morgan fingerprint density at radius 2 is 1.04 bits per heavy atom. The van der Waals surface area contributed by atoms with Crippen molar-refractivity contribution in [3.8, 4) is 0 Å². The van der Waals surface area contributed by atoms with E-state index in [1.54, 1.807) is 0 Å². The molecule has 1 radical (unpaired) electrons. The van der Waals surface area contributed by atoms with Crippen LogP contribution in [0.2, 0.25) is 0 Å². The van der Waals surface area contributed by atoms with Gasteiger partial charge in [-0.15, -0.1) is 0 Å². The van der Waals surface area contributed by atoms with Gasteiger partial charge in [-0.3, -0.25) is 9.59 Å². The minimum absolute atomic E-state index is 0.430. The highest BCUT2D eigenvalue weighted by Gasteiger charge is 2.20. The number of rotatable bonds is 19. The molecule has 0 heterocycles. The summed E-state index contributed by atoms with van der Waals surface area (Å²) in [4.78, 5) is 21.5. The Morgan fingerprint density at radius 3 is 1.36 bits per heavy atom. The van der Waals surface area contributed by atoms with Crippen LogP contribution in [0.25, 0.3) is 0 Å². The maximum absolute atomic E-state index is 10.9. The third-order valence-electron chi connectivity index (χ3n) is 4.78. The molecule has 0 fully saturated rings. The first-order chi connectivity index (χ1) is 12.1. The van der Waals surface area contributed by atoms with E-state index in [9.17, 15) is 9.59 Å². The van der Waals surface area contributed by atoms with E-state index < -0.39 is 17.9 Å². The molecule has 0 spiro atoms. The summed E-state index contributed by atoms with van der Waals surface area (Å²) < 4.78 is 0. The average Bonchev–Trinajstić information content (AvgIpc) is 2.56. The van der Waals surface area contributed by atoms with E-state index in [0.717, 1.165) is 25.7 Å². The molecule has 0 aromatic rings. The lowest BCUT2D eigenvalue weighted by molar-refractivity contribution is -0.144. The fourth-order valence-corrected chi connectivity index (χ4v) is 3.19. The molecule has 0 rings (SSSR count). The van der Waals surface area contributed by atoms with Crippen LogP contribution in [0.1, 0.15) is 110 Å². The third-order valence-corrected chi connectivity index (χ3v) is 4.78. The number of carboxylic acids is 2. The van der Waals surface area contributed by atoms with Crippen molar-refractivity contribution < 1.29 is 19.8 Å². The largest absolute Gasteiger partial charge is 0.481 e. The summed E-state index contributed by atoms with van der Waals surface area (Å²) in [5, 5.41) is 17.6. The minimum Gasteiger partial charge on any atom is -0.481 e. The topological polar surface area (TPSA) is 74.6 Å². The van der Waals surface area contributed by atoms with Crippen molar-refractivity contribution in [2.75, 3.05) is 0 Å². The Balaban J connectivity index is 3.28. The lowest BCUT2D eigenvalue weighted by atomic mass is 9.97. The van der Waals surface area contributed by atoms with Gasteiger partial charge < -0.3 is 10.2 Å². The minimum atomic E-state index is -1.15. The fraction of sp³-hybridized carbons (Fsp3) is 0.857. The van der Waals surface area contributed by atoms with Crippen molar-refractivity contribution in [3.05, 3.63) is 6.42 Å². The second kappa shape index (κ2) is 17.8. The Kier molecular flexibility index (Phi) is 17.0. The molecule has 0 saturated heterocycles. The Labute approximate surface area is 154 Å². The van der Waals surface area contributed by atoms with Crippen LogP contribution in [0.5, 0.6) is 0 Å². The molecule has 0 aliphatic carbocycles. The number of unbranched alkanes of at least 4 members (excludes halogenated alkanes) is 14. The van der Waals surface area contributed by atoms with E-state index in [1.165, 1.54) is 77.0 Å². The van der Waals surface area contributed by atoms with Crippen LogP contribution in [-0.2, 0) is 9.59 Å². The predicted molar refractivity (Wildman–Crippen MR) is 103 cm³/mol. The zero-order valence-corrected chi connectivity index (χ0v) is 16.2. The Bertz CT molecular complexity index is 328. The summed E-state index contributed by atoms with van der Waals surface area (Å²) in [6.07, 6.45) is 20.4. The second-order valence-corrected chi connectivity index (χ2v) is 7.19. The highest BCUT2D eigenvalue weighted by atomic mass is 16.4. The zero-order chi connectivity index (χ0) is 18.8. The smallest absolute Gasteiger partial charge is 0.308 e. The highest BCUT2D eigenvalue weighted by molar-refractivity contribution is 5.85. The van der Waals surface area contributed by atoms with E-state index >= 15 is 0 Å². The van der Waals surface area contributed by atoms with Crippen molar-refractivity contribution >= 4 is 11.9 Å². The number of aliphatic carboxylic acids is 2.